The summed E-state index contributed by atoms with van der Waals surface area (Å²) >= 11 is 0. The van der Waals surface area contributed by atoms with Crippen LogP contribution in [0.25, 0.3) is 11.2 Å². The number of nitrogens with zero attached hydrogens (tertiary/aromatic N) is 4. The quantitative estimate of drug-likeness (QED) is 0.416. The molecule has 0 radical (unpaired) electrons. The van der Waals surface area contributed by atoms with E-state index in [0.717, 1.165) is 48.4 Å². The molecule has 2 amide bonds. The van der Waals surface area contributed by atoms with Crippen LogP contribution in [-0.4, -0.2) is 70.8 Å². The van der Waals surface area contributed by atoms with Crippen molar-refractivity contribution >= 4 is 34.9 Å². The minimum Gasteiger partial charge on any atom is -0.450 e. The molecule has 0 bridgehead atoms. The van der Waals surface area contributed by atoms with Gasteiger partial charge in [-0.15, -0.1) is 5.10 Å². The summed E-state index contributed by atoms with van der Waals surface area (Å²) in [6.45, 7) is 6.12. The second-order valence-corrected chi connectivity index (χ2v) is 9.71. The highest BCUT2D eigenvalue weighted by Gasteiger charge is 2.21. The van der Waals surface area contributed by atoms with Gasteiger partial charge in [0.2, 0.25) is 5.95 Å². The summed E-state index contributed by atoms with van der Waals surface area (Å²) in [7, 11) is 0. The monoisotopic (exact) mass is 517 g/mol. The van der Waals surface area contributed by atoms with Crippen LogP contribution in [0.4, 0.5) is 16.4 Å². The molecule has 200 valence electrons. The van der Waals surface area contributed by atoms with E-state index in [1.54, 1.807) is 9.42 Å². The van der Waals surface area contributed by atoms with Gasteiger partial charge in [-0.25, -0.2) is 9.31 Å². The number of fused-ring (bicyclic) bond motifs is 1. The highest BCUT2D eigenvalue weighted by molar-refractivity contribution is 5.94. The maximum Gasteiger partial charge on any atom is 0.410 e. The van der Waals surface area contributed by atoms with Crippen molar-refractivity contribution < 1.29 is 14.3 Å². The van der Waals surface area contributed by atoms with E-state index in [2.05, 4.69) is 21.0 Å². The van der Waals surface area contributed by atoms with Crippen LogP contribution in [0.1, 0.15) is 48.5 Å². The Morgan fingerprint density at radius 2 is 2.08 bits per heavy atom. The standard InChI is InChI=1S/C28H35N7O3/c1-2-38-28(37)34-17-12-21(13-18-34)24-6-4-16-35-25(24)32-27(33-35)31-23-9-7-22(8-10-23)26(36)30-15-11-20-5-3-14-29-19-20/h4,6-10,12,16,20,29H,2-3,5,11,13-15,17-19H2,1H3,(H,30,36)(H,31,33). The van der Waals surface area contributed by atoms with E-state index in [-0.39, 0.29) is 12.0 Å². The second kappa shape index (κ2) is 12.1. The predicted octanol–water partition coefficient (Wildman–Crippen LogP) is 3.84. The molecule has 1 atom stereocenters. The molecule has 1 unspecified atom stereocenters. The molecule has 1 aromatic carbocycles. The Hall–Kier alpha value is -3.92. The van der Waals surface area contributed by atoms with E-state index in [9.17, 15) is 9.59 Å². The number of piperidine rings is 1. The van der Waals surface area contributed by atoms with E-state index in [0.29, 0.717) is 43.7 Å². The van der Waals surface area contributed by atoms with Gasteiger partial charge in [0.1, 0.15) is 0 Å². The van der Waals surface area contributed by atoms with Gasteiger partial charge in [0.05, 0.1) is 6.61 Å². The molecule has 10 heteroatoms. The zero-order valence-electron chi connectivity index (χ0n) is 21.8. The zero-order chi connectivity index (χ0) is 26.3. The van der Waals surface area contributed by atoms with Crippen LogP contribution in [0.2, 0.25) is 0 Å². The average Bonchev–Trinajstić information content (AvgIpc) is 3.37. The third kappa shape index (κ3) is 6.13. The molecule has 4 heterocycles. The Bertz CT molecular complexity index is 1300. The lowest BCUT2D eigenvalue weighted by Gasteiger charge is -2.25. The summed E-state index contributed by atoms with van der Waals surface area (Å²) in [5.74, 6) is 1.06. The predicted molar refractivity (Wildman–Crippen MR) is 146 cm³/mol. The smallest absolute Gasteiger partial charge is 0.410 e. The molecule has 38 heavy (non-hydrogen) atoms. The maximum absolute atomic E-state index is 12.5. The fraction of sp³-hybridized carbons (Fsp3) is 0.429. The summed E-state index contributed by atoms with van der Waals surface area (Å²) in [6.07, 6.45) is 7.79. The van der Waals surface area contributed by atoms with Crippen LogP contribution in [0.15, 0.2) is 48.7 Å². The molecular formula is C28H35N7O3. The van der Waals surface area contributed by atoms with Gasteiger partial charge in [-0.1, -0.05) is 6.08 Å². The van der Waals surface area contributed by atoms with E-state index in [1.807, 2.05) is 55.6 Å². The van der Waals surface area contributed by atoms with Gasteiger partial charge >= 0.3 is 6.09 Å². The zero-order valence-corrected chi connectivity index (χ0v) is 21.8. The van der Waals surface area contributed by atoms with Crippen LogP contribution in [0.5, 0.6) is 0 Å². The fourth-order valence-corrected chi connectivity index (χ4v) is 5.00. The third-order valence-corrected chi connectivity index (χ3v) is 7.08. The highest BCUT2D eigenvalue weighted by Crippen LogP contribution is 2.27. The van der Waals surface area contributed by atoms with Gasteiger partial charge in [-0.05, 0) is 93.6 Å². The third-order valence-electron chi connectivity index (χ3n) is 7.08. The Morgan fingerprint density at radius 3 is 2.82 bits per heavy atom. The number of nitrogens with one attached hydrogen (secondary N) is 3. The van der Waals surface area contributed by atoms with Crippen molar-refractivity contribution in [2.45, 2.75) is 32.6 Å². The van der Waals surface area contributed by atoms with E-state index >= 15 is 0 Å². The fourth-order valence-electron chi connectivity index (χ4n) is 5.00. The Kier molecular flexibility index (Phi) is 8.18. The van der Waals surface area contributed by atoms with Crippen molar-refractivity contribution in [3.63, 3.8) is 0 Å². The molecular weight excluding hydrogens is 482 g/mol. The number of pyridine rings is 1. The van der Waals surface area contributed by atoms with E-state index in [1.165, 1.54) is 12.8 Å². The van der Waals surface area contributed by atoms with Crippen molar-refractivity contribution in [2.24, 2.45) is 5.92 Å². The van der Waals surface area contributed by atoms with Gasteiger partial charge in [-0.3, -0.25) is 4.79 Å². The number of ether oxygens (including phenoxy) is 1. The largest absolute Gasteiger partial charge is 0.450 e. The van der Waals surface area contributed by atoms with Gasteiger partial charge in [0.15, 0.2) is 5.65 Å². The van der Waals surface area contributed by atoms with Crippen LogP contribution in [0.3, 0.4) is 0 Å². The van der Waals surface area contributed by atoms with Crippen LogP contribution in [-0.2, 0) is 4.74 Å². The molecule has 3 N–H and O–H groups in total. The van der Waals surface area contributed by atoms with Crippen molar-refractivity contribution in [3.05, 3.63) is 59.8 Å². The lowest BCUT2D eigenvalue weighted by Crippen LogP contribution is -2.35. The van der Waals surface area contributed by atoms with Crippen LogP contribution >= 0.6 is 0 Å². The van der Waals surface area contributed by atoms with Crippen molar-refractivity contribution in [1.29, 1.82) is 0 Å². The Morgan fingerprint density at radius 1 is 1.21 bits per heavy atom. The van der Waals surface area contributed by atoms with Crippen molar-refractivity contribution in [2.75, 3.05) is 44.6 Å². The molecule has 2 aliphatic rings. The SMILES string of the molecule is CCOC(=O)N1CC=C(c2cccn3nc(Nc4ccc(C(=O)NCCC5CCCNC5)cc4)nc23)CC1. The minimum atomic E-state index is -0.282. The first-order valence-corrected chi connectivity index (χ1v) is 13.4. The molecule has 5 rings (SSSR count). The lowest BCUT2D eigenvalue weighted by molar-refractivity contribution is 0.0950. The van der Waals surface area contributed by atoms with Gasteiger partial charge in [0, 0.05) is 42.6 Å². The molecule has 2 aliphatic heterocycles. The number of hydrogen-bond donors (Lipinski definition) is 3. The number of hydrogen-bond acceptors (Lipinski definition) is 7. The first-order chi connectivity index (χ1) is 18.6. The number of rotatable bonds is 8. The Labute approximate surface area is 222 Å². The molecule has 0 spiro atoms. The number of aromatic nitrogens is 3. The Balaban J connectivity index is 1.20. The van der Waals surface area contributed by atoms with Crippen molar-refractivity contribution in [3.8, 4) is 0 Å². The van der Waals surface area contributed by atoms with Crippen LogP contribution in [0, 0.1) is 5.92 Å². The van der Waals surface area contributed by atoms with E-state index < -0.39 is 0 Å². The summed E-state index contributed by atoms with van der Waals surface area (Å²) in [6, 6.07) is 11.3. The lowest BCUT2D eigenvalue weighted by atomic mass is 9.96. The van der Waals surface area contributed by atoms with Crippen LogP contribution < -0.4 is 16.0 Å². The van der Waals surface area contributed by atoms with Gasteiger partial charge < -0.3 is 25.6 Å². The molecule has 10 nitrogen and oxygen atoms in total. The minimum absolute atomic E-state index is 0.0573. The first-order valence-electron chi connectivity index (χ1n) is 13.4. The molecule has 1 saturated heterocycles. The summed E-state index contributed by atoms with van der Waals surface area (Å²) in [5, 5.41) is 14.3. The molecule has 0 saturated carbocycles. The van der Waals surface area contributed by atoms with Gasteiger partial charge in [-0.2, -0.15) is 4.98 Å². The number of carbonyl (C=O) groups excluding carboxylic acids is 2. The number of benzene rings is 1. The normalized spacial score (nSPS) is 17.7. The highest BCUT2D eigenvalue weighted by atomic mass is 16.6. The molecule has 0 aliphatic carbocycles. The average molecular weight is 518 g/mol. The number of amides is 2. The topological polar surface area (TPSA) is 113 Å². The molecule has 3 aromatic rings. The van der Waals surface area contributed by atoms with Crippen molar-refractivity contribution in [1.82, 2.24) is 30.1 Å². The summed E-state index contributed by atoms with van der Waals surface area (Å²) < 4.78 is 6.86. The summed E-state index contributed by atoms with van der Waals surface area (Å²) in [4.78, 5) is 31.0. The number of carbonyl (C=O) groups is 2. The van der Waals surface area contributed by atoms with E-state index in [4.69, 9.17) is 9.72 Å². The molecule has 1 fully saturated rings. The maximum atomic E-state index is 12.5. The summed E-state index contributed by atoms with van der Waals surface area (Å²) in [5.41, 5.74) is 4.30. The number of anilines is 2. The first kappa shape index (κ1) is 25.7. The van der Waals surface area contributed by atoms with Gasteiger partial charge in [0.25, 0.3) is 5.91 Å². The second-order valence-electron chi connectivity index (χ2n) is 9.71. The molecule has 2 aromatic heterocycles.